The molecule has 2 aliphatic rings. The van der Waals surface area contributed by atoms with Crippen LogP contribution in [0, 0.1) is 17.7 Å². The molecule has 1 N–H and O–H groups in total. The summed E-state index contributed by atoms with van der Waals surface area (Å²) >= 11 is 0. The van der Waals surface area contributed by atoms with Crippen molar-refractivity contribution in [2.24, 2.45) is 11.8 Å². The Morgan fingerprint density at radius 1 is 1.05 bits per heavy atom. The van der Waals surface area contributed by atoms with Crippen LogP contribution in [0.3, 0.4) is 0 Å². The Morgan fingerprint density at radius 2 is 1.90 bits per heavy atom. The van der Waals surface area contributed by atoms with E-state index >= 15 is 0 Å². The highest BCUT2D eigenvalue weighted by Crippen LogP contribution is 2.45. The van der Waals surface area contributed by atoms with Crippen LogP contribution < -0.4 is 0 Å². The van der Waals surface area contributed by atoms with E-state index in [1.54, 1.807) is 6.07 Å². The molecule has 0 amide bonds. The van der Waals surface area contributed by atoms with Crippen LogP contribution in [0.1, 0.15) is 56.7 Å². The summed E-state index contributed by atoms with van der Waals surface area (Å²) in [6, 6.07) is 5.16. The zero-order chi connectivity index (χ0) is 13.5. The molecule has 3 unspecified atom stereocenters. The number of nitrogens with zero attached hydrogens (tertiary/aromatic N) is 1. The van der Waals surface area contributed by atoms with Crippen molar-refractivity contribution in [3.8, 4) is 0 Å². The van der Waals surface area contributed by atoms with Crippen molar-refractivity contribution < 1.29 is 4.39 Å². The van der Waals surface area contributed by atoms with Crippen molar-refractivity contribution in [2.45, 2.75) is 50.9 Å². The number of fused-ring (bicyclic) bond motifs is 2. The highest BCUT2D eigenvalue weighted by atomic mass is 19.1. The second-order valence-electron chi connectivity index (χ2n) is 6.57. The Kier molecular flexibility index (Phi) is 3.01. The Balaban J connectivity index is 1.61. The number of H-pyrrole nitrogens is 1. The number of aromatic amines is 1. The molecular formula is C17H21FN2. The number of halogens is 1. The zero-order valence-corrected chi connectivity index (χ0v) is 11.7. The van der Waals surface area contributed by atoms with Crippen LogP contribution in [-0.4, -0.2) is 9.97 Å². The van der Waals surface area contributed by atoms with Crippen molar-refractivity contribution in [2.75, 3.05) is 0 Å². The average Bonchev–Trinajstić information content (AvgIpc) is 2.92. The van der Waals surface area contributed by atoms with Crippen molar-refractivity contribution in [1.29, 1.82) is 0 Å². The van der Waals surface area contributed by atoms with Crippen molar-refractivity contribution in [3.05, 3.63) is 29.8 Å². The molecule has 2 aromatic rings. The van der Waals surface area contributed by atoms with Gasteiger partial charge in [0.15, 0.2) is 5.82 Å². The molecule has 2 aliphatic carbocycles. The smallest absolute Gasteiger partial charge is 0.151 e. The van der Waals surface area contributed by atoms with E-state index in [0.29, 0.717) is 11.4 Å². The number of para-hydroxylation sites is 1. The van der Waals surface area contributed by atoms with E-state index in [1.165, 1.54) is 51.0 Å². The summed E-state index contributed by atoms with van der Waals surface area (Å²) in [6.45, 7) is 0. The summed E-state index contributed by atoms with van der Waals surface area (Å²) in [5.74, 6) is 3.12. The summed E-state index contributed by atoms with van der Waals surface area (Å²) in [4.78, 5) is 7.89. The van der Waals surface area contributed by atoms with Gasteiger partial charge in [0.05, 0.1) is 5.52 Å². The lowest BCUT2D eigenvalue weighted by atomic mass is 9.67. The molecule has 0 saturated heterocycles. The molecule has 3 heteroatoms. The predicted octanol–water partition coefficient (Wildman–Crippen LogP) is 4.78. The van der Waals surface area contributed by atoms with Crippen molar-refractivity contribution in [1.82, 2.24) is 9.97 Å². The molecule has 2 nitrogen and oxygen atoms in total. The molecule has 0 radical (unpaired) electrons. The van der Waals surface area contributed by atoms with Gasteiger partial charge < -0.3 is 4.98 Å². The molecule has 4 rings (SSSR count). The first kappa shape index (κ1) is 12.4. The first-order valence-corrected chi connectivity index (χ1v) is 7.95. The summed E-state index contributed by atoms with van der Waals surface area (Å²) in [5.41, 5.74) is 1.35. The Bertz CT molecular complexity index is 618. The normalized spacial score (nSPS) is 30.4. The van der Waals surface area contributed by atoms with Crippen LogP contribution in [-0.2, 0) is 0 Å². The van der Waals surface area contributed by atoms with Gasteiger partial charge in [-0.3, -0.25) is 0 Å². The lowest BCUT2D eigenvalue weighted by Crippen LogP contribution is -2.27. The third-order valence-corrected chi connectivity index (χ3v) is 5.41. The summed E-state index contributed by atoms with van der Waals surface area (Å²) in [6.07, 6.45) is 9.40. The number of hydrogen-bond acceptors (Lipinski definition) is 1. The number of hydrogen-bond donors (Lipinski definition) is 1. The molecule has 20 heavy (non-hydrogen) atoms. The minimum absolute atomic E-state index is 0.212. The summed E-state index contributed by atoms with van der Waals surface area (Å²) in [7, 11) is 0. The van der Waals surface area contributed by atoms with E-state index in [1.807, 2.05) is 6.07 Å². The van der Waals surface area contributed by atoms with E-state index < -0.39 is 0 Å². The van der Waals surface area contributed by atoms with E-state index in [-0.39, 0.29) is 5.82 Å². The van der Waals surface area contributed by atoms with Crippen LogP contribution in [0.4, 0.5) is 4.39 Å². The number of rotatable bonds is 1. The third kappa shape index (κ3) is 2.04. The van der Waals surface area contributed by atoms with Crippen LogP contribution in [0.15, 0.2) is 18.2 Å². The first-order valence-electron chi connectivity index (χ1n) is 7.95. The predicted molar refractivity (Wildman–Crippen MR) is 78.1 cm³/mol. The maximum atomic E-state index is 13.8. The summed E-state index contributed by atoms with van der Waals surface area (Å²) < 4.78 is 13.8. The zero-order valence-electron chi connectivity index (χ0n) is 11.7. The SMILES string of the molecule is Fc1cccc2[nH]c(C3CCC4CCCCC4C3)nc12. The number of imidazole rings is 1. The van der Waals surface area contributed by atoms with Crippen LogP contribution in [0.5, 0.6) is 0 Å². The van der Waals surface area contributed by atoms with Gasteiger partial charge in [-0.2, -0.15) is 0 Å². The van der Waals surface area contributed by atoms with Gasteiger partial charge in [-0.25, -0.2) is 9.37 Å². The number of aromatic nitrogens is 2. The number of benzene rings is 1. The van der Waals surface area contributed by atoms with E-state index in [4.69, 9.17) is 0 Å². The van der Waals surface area contributed by atoms with Crippen LogP contribution in [0.2, 0.25) is 0 Å². The molecule has 1 aromatic carbocycles. The molecule has 0 spiro atoms. The molecule has 0 aliphatic heterocycles. The van der Waals surface area contributed by atoms with Gasteiger partial charge >= 0.3 is 0 Å². The van der Waals surface area contributed by atoms with E-state index in [9.17, 15) is 4.39 Å². The second kappa shape index (κ2) is 4.87. The van der Waals surface area contributed by atoms with Crippen LogP contribution >= 0.6 is 0 Å². The third-order valence-electron chi connectivity index (χ3n) is 5.41. The fourth-order valence-electron chi connectivity index (χ4n) is 4.33. The molecule has 3 atom stereocenters. The van der Waals surface area contributed by atoms with Gasteiger partial charge in [-0.1, -0.05) is 31.7 Å². The largest absolute Gasteiger partial charge is 0.342 e. The van der Waals surface area contributed by atoms with Gasteiger partial charge in [-0.05, 0) is 43.2 Å². The lowest BCUT2D eigenvalue weighted by Gasteiger charge is -2.38. The minimum Gasteiger partial charge on any atom is -0.342 e. The number of nitrogens with one attached hydrogen (secondary N) is 1. The molecule has 0 bridgehead atoms. The summed E-state index contributed by atoms with van der Waals surface area (Å²) in [5, 5.41) is 0. The molecule has 106 valence electrons. The van der Waals surface area contributed by atoms with Gasteiger partial charge in [0.25, 0.3) is 0 Å². The second-order valence-corrected chi connectivity index (χ2v) is 6.57. The fraction of sp³-hybridized carbons (Fsp3) is 0.588. The highest BCUT2D eigenvalue weighted by molar-refractivity contribution is 5.75. The topological polar surface area (TPSA) is 28.7 Å². The average molecular weight is 272 g/mol. The monoisotopic (exact) mass is 272 g/mol. The first-order chi connectivity index (χ1) is 9.81. The van der Waals surface area contributed by atoms with Gasteiger partial charge in [0.1, 0.15) is 11.3 Å². The Labute approximate surface area is 118 Å². The van der Waals surface area contributed by atoms with E-state index in [0.717, 1.165) is 23.2 Å². The Hall–Kier alpha value is -1.38. The maximum absolute atomic E-state index is 13.8. The lowest BCUT2D eigenvalue weighted by molar-refractivity contribution is 0.153. The van der Waals surface area contributed by atoms with Gasteiger partial charge in [0.2, 0.25) is 0 Å². The molecule has 2 saturated carbocycles. The minimum atomic E-state index is -0.212. The van der Waals surface area contributed by atoms with Gasteiger partial charge in [0, 0.05) is 5.92 Å². The van der Waals surface area contributed by atoms with Crippen LogP contribution in [0.25, 0.3) is 11.0 Å². The van der Waals surface area contributed by atoms with E-state index in [2.05, 4.69) is 9.97 Å². The molecule has 1 aromatic heterocycles. The quantitative estimate of drug-likeness (QED) is 0.795. The molecule has 1 heterocycles. The maximum Gasteiger partial charge on any atom is 0.151 e. The Morgan fingerprint density at radius 3 is 2.75 bits per heavy atom. The standard InChI is InChI=1S/C17H21FN2/c18-14-6-3-7-15-16(14)20-17(19-15)13-9-8-11-4-1-2-5-12(11)10-13/h3,6-7,11-13H,1-2,4-5,8-10H2,(H,19,20). The fourth-order valence-corrected chi connectivity index (χ4v) is 4.33. The van der Waals surface area contributed by atoms with Crippen molar-refractivity contribution >= 4 is 11.0 Å². The highest BCUT2D eigenvalue weighted by Gasteiger charge is 2.33. The van der Waals surface area contributed by atoms with Gasteiger partial charge in [-0.15, -0.1) is 0 Å². The molecular weight excluding hydrogens is 251 g/mol. The molecule has 2 fully saturated rings. The van der Waals surface area contributed by atoms with Crippen molar-refractivity contribution in [3.63, 3.8) is 0 Å².